The molecule has 0 saturated carbocycles. The van der Waals surface area contributed by atoms with Crippen molar-refractivity contribution in [1.82, 2.24) is 0 Å². The summed E-state index contributed by atoms with van der Waals surface area (Å²) < 4.78 is 6.52. The van der Waals surface area contributed by atoms with E-state index in [2.05, 4.69) is 96.6 Å². The second-order valence-corrected chi connectivity index (χ2v) is 14.4. The molecule has 1 aliphatic rings. The van der Waals surface area contributed by atoms with Crippen LogP contribution < -0.4 is 4.74 Å². The second-order valence-electron chi connectivity index (χ2n) is 8.62. The number of hydrogen-bond acceptors (Lipinski definition) is 1. The first kappa shape index (κ1) is 19.0. The molecule has 2 aromatic carbocycles. The first-order chi connectivity index (χ1) is 12.3. The lowest BCUT2D eigenvalue weighted by Gasteiger charge is -2.41. The van der Waals surface area contributed by atoms with Gasteiger partial charge < -0.3 is 4.74 Å². The largest absolute Gasteiger partial charge is 0.457 e. The zero-order chi connectivity index (χ0) is 19.1. The third-order valence-electron chi connectivity index (χ3n) is 6.22. The molecule has 3 rings (SSSR count). The Morgan fingerprint density at radius 1 is 0.769 bits per heavy atom. The maximum Gasteiger partial charge on any atom is 0.135 e. The van der Waals surface area contributed by atoms with Crippen molar-refractivity contribution in [3.8, 4) is 16.9 Å². The summed E-state index contributed by atoms with van der Waals surface area (Å²) in [6, 6.07) is 15.2. The van der Waals surface area contributed by atoms with E-state index in [9.17, 15) is 0 Å². The zero-order valence-corrected chi connectivity index (χ0v) is 18.3. The summed E-state index contributed by atoms with van der Waals surface area (Å²) in [5, 5.41) is 0. The Balaban J connectivity index is 2.23. The van der Waals surface area contributed by atoms with Gasteiger partial charge in [0.25, 0.3) is 0 Å². The molecule has 26 heavy (non-hydrogen) atoms. The fourth-order valence-corrected chi connectivity index (χ4v) is 10.6. The molecule has 0 aliphatic carbocycles. The van der Waals surface area contributed by atoms with Crippen LogP contribution in [0.3, 0.4) is 0 Å². The molecular formula is C24H32OSi. The Hall–Kier alpha value is -1.80. The monoisotopic (exact) mass is 364 g/mol. The van der Waals surface area contributed by atoms with Gasteiger partial charge in [0.15, 0.2) is 0 Å². The molecule has 2 aromatic rings. The summed E-state index contributed by atoms with van der Waals surface area (Å²) in [5.74, 6) is 2.06. The molecule has 0 bridgehead atoms. The van der Waals surface area contributed by atoms with E-state index in [1.807, 2.05) is 0 Å². The van der Waals surface area contributed by atoms with Crippen LogP contribution >= 0.6 is 0 Å². The highest BCUT2D eigenvalue weighted by atomic mass is 28.3. The van der Waals surface area contributed by atoms with Crippen molar-refractivity contribution in [1.29, 1.82) is 0 Å². The molecule has 0 fully saturated rings. The van der Waals surface area contributed by atoms with E-state index >= 15 is 0 Å². The number of fused-ring (bicyclic) bond motifs is 3. The highest BCUT2D eigenvalue weighted by Crippen LogP contribution is 2.47. The topological polar surface area (TPSA) is 9.23 Å². The molecule has 1 heterocycles. The van der Waals surface area contributed by atoms with Crippen LogP contribution in [0.15, 0.2) is 48.2 Å². The van der Waals surface area contributed by atoms with E-state index in [-0.39, 0.29) is 0 Å². The van der Waals surface area contributed by atoms with Gasteiger partial charge in [0.2, 0.25) is 0 Å². The van der Waals surface area contributed by atoms with Crippen LogP contribution in [0.1, 0.15) is 52.7 Å². The van der Waals surface area contributed by atoms with Crippen molar-refractivity contribution in [3.05, 3.63) is 59.3 Å². The molecule has 0 unspecified atom stereocenters. The normalized spacial score (nSPS) is 15.4. The fourth-order valence-electron chi connectivity index (χ4n) is 4.88. The first-order valence-electron chi connectivity index (χ1n) is 9.88. The SMILES string of the molecule is Cc1ccc2c(c1)-c1ccccc1/C(=C/[Si](C(C)C)(C(C)C)C(C)C)O2. The van der Waals surface area contributed by atoms with Gasteiger partial charge in [-0.1, -0.05) is 83.1 Å². The average molecular weight is 365 g/mol. The van der Waals surface area contributed by atoms with Crippen LogP contribution in [-0.4, -0.2) is 8.07 Å². The van der Waals surface area contributed by atoms with Crippen molar-refractivity contribution in [2.75, 3.05) is 0 Å². The van der Waals surface area contributed by atoms with E-state index in [4.69, 9.17) is 4.74 Å². The predicted molar refractivity (Wildman–Crippen MR) is 116 cm³/mol. The number of ether oxygens (including phenoxy) is 1. The van der Waals surface area contributed by atoms with E-state index in [1.54, 1.807) is 0 Å². The van der Waals surface area contributed by atoms with Crippen LogP contribution in [0.5, 0.6) is 5.75 Å². The van der Waals surface area contributed by atoms with Crippen LogP contribution in [0.4, 0.5) is 0 Å². The fraction of sp³-hybridized carbons (Fsp3) is 0.417. The van der Waals surface area contributed by atoms with Gasteiger partial charge in [-0.3, -0.25) is 0 Å². The van der Waals surface area contributed by atoms with Crippen molar-refractivity contribution in [3.63, 3.8) is 0 Å². The van der Waals surface area contributed by atoms with Crippen LogP contribution in [-0.2, 0) is 0 Å². The maximum absolute atomic E-state index is 6.52. The van der Waals surface area contributed by atoms with E-state index in [1.165, 1.54) is 22.3 Å². The molecule has 1 aliphatic heterocycles. The first-order valence-corrected chi connectivity index (χ1v) is 12.2. The smallest absolute Gasteiger partial charge is 0.135 e. The molecule has 0 atom stereocenters. The second kappa shape index (κ2) is 7.07. The van der Waals surface area contributed by atoms with Gasteiger partial charge >= 0.3 is 0 Å². The molecule has 0 aromatic heterocycles. The molecule has 1 nitrogen and oxygen atoms in total. The Labute approximate surface area is 160 Å². The third kappa shape index (κ3) is 3.05. The lowest BCUT2D eigenvalue weighted by Crippen LogP contribution is -2.43. The molecule has 2 heteroatoms. The van der Waals surface area contributed by atoms with Gasteiger partial charge in [-0.2, -0.15) is 0 Å². The van der Waals surface area contributed by atoms with E-state index in [0.717, 1.165) is 11.5 Å². The minimum absolute atomic E-state index is 0.671. The molecular weight excluding hydrogens is 332 g/mol. The van der Waals surface area contributed by atoms with Gasteiger partial charge in [-0.25, -0.2) is 0 Å². The molecule has 0 N–H and O–H groups in total. The zero-order valence-electron chi connectivity index (χ0n) is 17.3. The minimum Gasteiger partial charge on any atom is -0.457 e. The number of aryl methyl sites for hydroxylation is 1. The highest BCUT2D eigenvalue weighted by Gasteiger charge is 2.42. The Morgan fingerprint density at radius 3 is 1.92 bits per heavy atom. The van der Waals surface area contributed by atoms with E-state index < -0.39 is 8.07 Å². The van der Waals surface area contributed by atoms with Crippen LogP contribution in [0.2, 0.25) is 16.6 Å². The average Bonchev–Trinajstić information content (AvgIpc) is 2.59. The van der Waals surface area contributed by atoms with Crippen molar-refractivity contribution < 1.29 is 4.74 Å². The molecule has 138 valence electrons. The van der Waals surface area contributed by atoms with Crippen molar-refractivity contribution in [2.24, 2.45) is 0 Å². The summed E-state index contributed by atoms with van der Waals surface area (Å²) in [4.78, 5) is 0. The van der Waals surface area contributed by atoms with Crippen molar-refractivity contribution in [2.45, 2.75) is 65.1 Å². The highest BCUT2D eigenvalue weighted by molar-refractivity contribution is 6.88. The minimum atomic E-state index is -1.70. The van der Waals surface area contributed by atoms with Gasteiger partial charge in [-0.15, -0.1) is 0 Å². The van der Waals surface area contributed by atoms with Crippen LogP contribution in [0, 0.1) is 6.92 Å². The van der Waals surface area contributed by atoms with Crippen LogP contribution in [0.25, 0.3) is 16.9 Å². The molecule has 0 spiro atoms. The summed E-state index contributed by atoms with van der Waals surface area (Å²) in [6.07, 6.45) is 0. The number of rotatable bonds is 4. The predicted octanol–water partition coefficient (Wildman–Crippen LogP) is 7.61. The van der Waals surface area contributed by atoms with Gasteiger partial charge in [0.05, 0.1) is 8.07 Å². The Kier molecular flexibility index (Phi) is 5.16. The van der Waals surface area contributed by atoms with Crippen molar-refractivity contribution >= 4 is 13.8 Å². The lowest BCUT2D eigenvalue weighted by atomic mass is 9.94. The maximum atomic E-state index is 6.52. The summed E-state index contributed by atoms with van der Waals surface area (Å²) >= 11 is 0. The van der Waals surface area contributed by atoms with Gasteiger partial charge in [-0.05, 0) is 41.2 Å². The Morgan fingerprint density at radius 2 is 1.35 bits per heavy atom. The van der Waals surface area contributed by atoms with Gasteiger partial charge in [0.1, 0.15) is 11.5 Å². The Bertz CT molecular complexity index is 808. The van der Waals surface area contributed by atoms with E-state index in [0.29, 0.717) is 16.6 Å². The summed E-state index contributed by atoms with van der Waals surface area (Å²) in [5.41, 5.74) is 9.59. The number of hydrogen-bond donors (Lipinski definition) is 0. The summed E-state index contributed by atoms with van der Waals surface area (Å²) in [6.45, 7) is 16.5. The molecule has 0 amide bonds. The standard InChI is InChI=1S/C24H32OSi/c1-16(2)26(17(3)4,18(5)6)15-24-21-11-9-8-10-20(21)22-14-19(7)12-13-23(22)25-24/h8-18H,1-7H3/b24-15-. The quantitative estimate of drug-likeness (QED) is 0.507. The summed E-state index contributed by atoms with van der Waals surface area (Å²) in [7, 11) is -1.70. The van der Waals surface area contributed by atoms with Gasteiger partial charge in [0, 0.05) is 11.1 Å². The molecule has 0 saturated heterocycles. The lowest BCUT2D eigenvalue weighted by molar-refractivity contribution is 0.511. The third-order valence-corrected chi connectivity index (χ3v) is 13.0. The molecule has 0 radical (unpaired) electrons. The number of benzene rings is 2.